The van der Waals surface area contributed by atoms with Crippen LogP contribution in [-0.4, -0.2) is 23.1 Å². The third-order valence-corrected chi connectivity index (χ3v) is 12.1. The van der Waals surface area contributed by atoms with Crippen LogP contribution in [-0.2, 0) is 19.2 Å². The third kappa shape index (κ3) is 5.16. The largest absolute Gasteiger partial charge is 0.316 e. The maximum absolute atomic E-state index is 14.2. The van der Waals surface area contributed by atoms with E-state index in [0.29, 0.717) is 122 Å². The molecule has 6 aliphatic rings. The molecule has 0 spiro atoms. The number of Topliss-reactive ketones (excluding diaryl/α,β-unsaturated/α-hetero) is 4. The number of nitrogens with zero attached hydrogens (tertiary/aromatic N) is 4. The molecule has 0 fully saturated rings. The molecule has 2 aliphatic heterocycles. The summed E-state index contributed by atoms with van der Waals surface area (Å²) in [6, 6.07) is 27.3. The van der Waals surface area contributed by atoms with E-state index in [-0.39, 0.29) is 23.1 Å². The molecule has 54 heavy (non-hydrogen) atoms. The first-order chi connectivity index (χ1) is 26.4. The highest BCUT2D eigenvalue weighted by Gasteiger charge is 2.47. The van der Waals surface area contributed by atoms with E-state index in [1.807, 2.05) is 70.5 Å². The van der Waals surface area contributed by atoms with Gasteiger partial charge in [0.05, 0.1) is 22.5 Å². The maximum atomic E-state index is 14.2. The van der Waals surface area contributed by atoms with Crippen molar-refractivity contribution in [2.75, 3.05) is 9.80 Å². The summed E-state index contributed by atoms with van der Waals surface area (Å²) in [5, 5.41) is 20.2. The number of hydrogen-bond acceptors (Lipinski definition) is 8. The smallest absolute Gasteiger partial charge is 0.161 e. The number of carbonyl (C=O) groups is 4. The fourth-order valence-corrected chi connectivity index (χ4v) is 9.93. The van der Waals surface area contributed by atoms with Crippen LogP contribution in [0.25, 0.3) is 0 Å². The van der Waals surface area contributed by atoms with Gasteiger partial charge in [0.15, 0.2) is 23.1 Å². The van der Waals surface area contributed by atoms with Gasteiger partial charge in [0.1, 0.15) is 12.1 Å². The molecule has 8 nitrogen and oxygen atoms in total. The molecule has 3 aromatic rings. The van der Waals surface area contributed by atoms with Crippen LogP contribution in [0.1, 0.15) is 111 Å². The van der Waals surface area contributed by atoms with Gasteiger partial charge in [-0.25, -0.2) is 0 Å². The second-order valence-electron chi connectivity index (χ2n) is 15.0. The van der Waals surface area contributed by atoms with Crippen LogP contribution in [0.2, 0.25) is 0 Å². The van der Waals surface area contributed by atoms with E-state index in [2.05, 4.69) is 12.1 Å². The quantitative estimate of drug-likeness (QED) is 0.264. The van der Waals surface area contributed by atoms with Gasteiger partial charge in [-0.2, -0.15) is 10.5 Å². The molecule has 4 aliphatic carbocycles. The average Bonchev–Trinajstić information content (AvgIpc) is 3.20. The second kappa shape index (κ2) is 13.4. The lowest BCUT2D eigenvalue weighted by molar-refractivity contribution is -0.118. The second-order valence-corrected chi connectivity index (χ2v) is 15.0. The van der Waals surface area contributed by atoms with Gasteiger partial charge in [-0.3, -0.25) is 19.2 Å². The van der Waals surface area contributed by atoms with Crippen LogP contribution in [0.4, 0.5) is 11.4 Å². The number of anilines is 2. The Morgan fingerprint density at radius 3 is 1.11 bits per heavy atom. The minimum atomic E-state index is -0.602. The Labute approximate surface area is 314 Å². The van der Waals surface area contributed by atoms with Crippen molar-refractivity contribution in [2.45, 2.75) is 88.9 Å². The van der Waals surface area contributed by atoms with Gasteiger partial charge >= 0.3 is 0 Å². The van der Waals surface area contributed by atoms with Gasteiger partial charge in [-0.1, -0.05) is 48.5 Å². The monoisotopic (exact) mass is 710 g/mol. The summed E-state index contributed by atoms with van der Waals surface area (Å²) in [6.45, 7) is 0. The lowest BCUT2D eigenvalue weighted by atomic mass is 9.68. The van der Waals surface area contributed by atoms with E-state index in [1.54, 1.807) is 12.1 Å². The molecule has 0 amide bonds. The summed E-state index contributed by atoms with van der Waals surface area (Å²) in [6.07, 6.45) is 6.76. The van der Waals surface area contributed by atoms with E-state index >= 15 is 0 Å². The van der Waals surface area contributed by atoms with Gasteiger partial charge < -0.3 is 9.80 Å². The van der Waals surface area contributed by atoms with E-state index in [0.717, 1.165) is 33.9 Å². The van der Waals surface area contributed by atoms with Crippen LogP contribution >= 0.6 is 0 Å². The van der Waals surface area contributed by atoms with Crippen molar-refractivity contribution in [2.24, 2.45) is 0 Å². The van der Waals surface area contributed by atoms with Crippen LogP contribution in [0.15, 0.2) is 118 Å². The Balaban J connectivity index is 1.26. The number of allylic oxidation sites excluding steroid dienone is 8. The first kappa shape index (κ1) is 33.7. The average molecular weight is 711 g/mol. The predicted octanol–water partition coefficient (Wildman–Crippen LogP) is 8.67. The van der Waals surface area contributed by atoms with Crippen molar-refractivity contribution in [3.8, 4) is 12.1 Å². The van der Waals surface area contributed by atoms with E-state index in [4.69, 9.17) is 0 Å². The summed E-state index contributed by atoms with van der Waals surface area (Å²) in [5.74, 6) is -1.20. The van der Waals surface area contributed by atoms with Crippen molar-refractivity contribution in [1.82, 2.24) is 0 Å². The van der Waals surface area contributed by atoms with Crippen molar-refractivity contribution in [1.29, 1.82) is 10.5 Å². The molecule has 0 atom stereocenters. The van der Waals surface area contributed by atoms with Crippen molar-refractivity contribution in [3.05, 3.63) is 140 Å². The molecular formula is C46H38N4O4. The van der Waals surface area contributed by atoms with Crippen LogP contribution in [0, 0.1) is 22.7 Å². The normalized spacial score (nSPS) is 20.8. The number of benzene rings is 3. The molecule has 0 radical (unpaired) electrons. The third-order valence-electron chi connectivity index (χ3n) is 12.1. The van der Waals surface area contributed by atoms with E-state index < -0.39 is 11.8 Å². The minimum absolute atomic E-state index is 0.000359. The minimum Gasteiger partial charge on any atom is -0.316 e. The summed E-state index contributed by atoms with van der Waals surface area (Å²) in [4.78, 5) is 60.8. The molecule has 0 saturated heterocycles. The molecule has 2 heterocycles. The van der Waals surface area contributed by atoms with Crippen molar-refractivity contribution < 1.29 is 19.2 Å². The van der Waals surface area contributed by atoms with Crippen LogP contribution < -0.4 is 9.80 Å². The Morgan fingerprint density at radius 2 is 0.778 bits per heavy atom. The molecular weight excluding hydrogens is 673 g/mol. The van der Waals surface area contributed by atoms with Crippen LogP contribution in [0.5, 0.6) is 0 Å². The molecule has 0 bridgehead atoms. The molecule has 266 valence electrons. The lowest BCUT2D eigenvalue weighted by Crippen LogP contribution is -2.40. The lowest BCUT2D eigenvalue weighted by Gasteiger charge is -2.45. The summed E-state index contributed by atoms with van der Waals surface area (Å²) in [7, 11) is 0. The SMILES string of the molecule is N#Cc1ccccc1N1C2=C(C(=O)CCC2)C(c2cccc(C3C4=C(CCCC4=O)N(c4ccccc4C#N)C4=C3C(=O)CCC4)c2)C2=C1CCCC2=O. The highest BCUT2D eigenvalue weighted by molar-refractivity contribution is 6.09. The zero-order valence-electron chi connectivity index (χ0n) is 30.0. The number of ketones is 4. The first-order valence-electron chi connectivity index (χ1n) is 19.1. The van der Waals surface area contributed by atoms with Crippen molar-refractivity contribution in [3.63, 3.8) is 0 Å². The molecule has 0 unspecified atom stereocenters. The summed E-state index contributed by atoms with van der Waals surface area (Å²) >= 11 is 0. The number of para-hydroxylation sites is 2. The molecule has 0 aromatic heterocycles. The molecule has 0 saturated carbocycles. The van der Waals surface area contributed by atoms with Gasteiger partial charge in [0.25, 0.3) is 0 Å². The van der Waals surface area contributed by atoms with Crippen molar-refractivity contribution >= 4 is 34.5 Å². The Morgan fingerprint density at radius 1 is 0.444 bits per heavy atom. The Hall–Kier alpha value is -6.12. The zero-order valence-corrected chi connectivity index (χ0v) is 30.0. The number of carbonyl (C=O) groups excluding carboxylic acids is 4. The van der Waals surface area contributed by atoms with Gasteiger partial charge in [-0.15, -0.1) is 0 Å². The predicted molar refractivity (Wildman–Crippen MR) is 203 cm³/mol. The van der Waals surface area contributed by atoms with Gasteiger partial charge in [-0.05, 0) is 86.8 Å². The molecule has 0 N–H and O–H groups in total. The highest BCUT2D eigenvalue weighted by Crippen LogP contribution is 2.54. The van der Waals surface area contributed by atoms with E-state index in [9.17, 15) is 29.7 Å². The standard InChI is InChI=1S/C46H38N4O4/c47-25-29-10-1-3-14-31(29)49-33-16-6-20-37(51)43(33)41(44-34(49)17-7-21-38(44)52)27-12-5-13-28(24-27)42-45-35(18-8-22-39(45)53)50(32-15-4-2-11-30(32)26-48)36-19-9-23-40(54)46(36)42/h1-5,10-15,24,41-42H,6-9,16-23H2. The summed E-state index contributed by atoms with van der Waals surface area (Å²) < 4.78 is 0. The summed E-state index contributed by atoms with van der Waals surface area (Å²) in [5.41, 5.74) is 9.73. The topological polar surface area (TPSA) is 122 Å². The Kier molecular flexibility index (Phi) is 8.35. The number of rotatable bonds is 4. The van der Waals surface area contributed by atoms with Gasteiger partial charge in [0.2, 0.25) is 0 Å². The fourth-order valence-electron chi connectivity index (χ4n) is 9.93. The van der Waals surface area contributed by atoms with Crippen LogP contribution in [0.3, 0.4) is 0 Å². The fraction of sp³-hybridized carbons (Fsp3) is 0.304. The molecule has 9 rings (SSSR count). The first-order valence-corrected chi connectivity index (χ1v) is 19.1. The highest BCUT2D eigenvalue weighted by atomic mass is 16.1. The number of nitriles is 2. The van der Waals surface area contributed by atoms with Gasteiger partial charge in [0, 0.05) is 82.6 Å². The zero-order chi connectivity index (χ0) is 37.1. The van der Waals surface area contributed by atoms with E-state index in [1.165, 1.54) is 0 Å². The molecule has 3 aromatic carbocycles. The maximum Gasteiger partial charge on any atom is 0.161 e. The number of hydrogen-bond donors (Lipinski definition) is 0. The molecule has 8 heteroatoms. The Bertz CT molecular complexity index is 2180.